The van der Waals surface area contributed by atoms with Gasteiger partial charge < -0.3 is 0 Å². The minimum atomic E-state index is -0.723. The van der Waals surface area contributed by atoms with Gasteiger partial charge in [-0.25, -0.2) is 8.78 Å². The maximum Gasteiger partial charge on any atom is 0.232 e. The zero-order valence-electron chi connectivity index (χ0n) is 14.3. The van der Waals surface area contributed by atoms with Crippen LogP contribution >= 0.6 is 11.6 Å². The van der Waals surface area contributed by atoms with Crippen molar-refractivity contribution in [1.82, 2.24) is 0 Å². The first-order valence-electron chi connectivity index (χ1n) is 8.76. The molecule has 138 valence electrons. The van der Waals surface area contributed by atoms with E-state index in [-0.39, 0.29) is 28.7 Å². The molecule has 27 heavy (non-hydrogen) atoms. The van der Waals surface area contributed by atoms with Crippen LogP contribution in [0, 0.1) is 11.6 Å². The Bertz CT molecular complexity index is 966. The summed E-state index contributed by atoms with van der Waals surface area (Å²) in [6.45, 7) is 0. The van der Waals surface area contributed by atoms with Gasteiger partial charge in [0, 0.05) is 40.6 Å². The Morgan fingerprint density at radius 2 is 1.81 bits per heavy atom. The fourth-order valence-electron chi connectivity index (χ4n) is 4.00. The summed E-state index contributed by atoms with van der Waals surface area (Å²) in [5.41, 5.74) is 1.49. The number of allylic oxidation sites excluding steroid dienone is 2. The molecule has 2 aromatic carbocycles. The molecule has 0 bridgehead atoms. The highest BCUT2D eigenvalue weighted by molar-refractivity contribution is 6.31. The number of nitrogens with zero attached hydrogens (tertiary/aromatic N) is 1. The highest BCUT2D eigenvalue weighted by atomic mass is 35.5. The van der Waals surface area contributed by atoms with Crippen LogP contribution in [0.4, 0.5) is 14.5 Å². The van der Waals surface area contributed by atoms with Crippen molar-refractivity contribution in [1.29, 1.82) is 0 Å². The van der Waals surface area contributed by atoms with Gasteiger partial charge in [0.25, 0.3) is 0 Å². The van der Waals surface area contributed by atoms with Crippen molar-refractivity contribution in [2.45, 2.75) is 31.6 Å². The Kier molecular flexibility index (Phi) is 4.56. The second-order valence-electron chi connectivity index (χ2n) is 6.74. The van der Waals surface area contributed by atoms with Gasteiger partial charge in [0.15, 0.2) is 5.78 Å². The molecule has 4 rings (SSSR count). The van der Waals surface area contributed by atoms with E-state index < -0.39 is 17.6 Å². The Morgan fingerprint density at radius 3 is 2.56 bits per heavy atom. The fraction of sp³-hybridized carbons (Fsp3) is 0.238. The predicted octanol–water partition coefficient (Wildman–Crippen LogP) is 5.15. The molecule has 1 amide bonds. The predicted molar refractivity (Wildman–Crippen MR) is 98.5 cm³/mol. The number of carbonyl (C=O) groups is 2. The molecule has 0 N–H and O–H groups in total. The lowest BCUT2D eigenvalue weighted by Gasteiger charge is -2.38. The van der Waals surface area contributed by atoms with Crippen LogP contribution in [0.2, 0.25) is 5.02 Å². The highest BCUT2D eigenvalue weighted by Gasteiger charge is 2.41. The molecular formula is C21H16ClF2NO2. The summed E-state index contributed by atoms with van der Waals surface area (Å²) in [4.78, 5) is 27.1. The van der Waals surface area contributed by atoms with Gasteiger partial charge in [0.05, 0.1) is 5.69 Å². The van der Waals surface area contributed by atoms with Crippen LogP contribution in [0.25, 0.3) is 0 Å². The summed E-state index contributed by atoms with van der Waals surface area (Å²) < 4.78 is 28.2. The van der Waals surface area contributed by atoms with Gasteiger partial charge in [0.2, 0.25) is 5.91 Å². The van der Waals surface area contributed by atoms with E-state index >= 15 is 0 Å². The van der Waals surface area contributed by atoms with Crippen molar-refractivity contribution in [2.24, 2.45) is 0 Å². The summed E-state index contributed by atoms with van der Waals surface area (Å²) in [6.07, 6.45) is 1.33. The molecule has 0 saturated carbocycles. The smallest absolute Gasteiger partial charge is 0.232 e. The van der Waals surface area contributed by atoms with Crippen LogP contribution in [-0.4, -0.2) is 11.7 Å². The Labute approximate surface area is 160 Å². The first-order chi connectivity index (χ1) is 13.0. The van der Waals surface area contributed by atoms with Crippen molar-refractivity contribution in [3.05, 3.63) is 76.0 Å². The second kappa shape index (κ2) is 6.89. The normalized spacial score (nSPS) is 20.1. The molecule has 0 aromatic heterocycles. The number of ketones is 1. The third-order valence-corrected chi connectivity index (χ3v) is 5.42. The first kappa shape index (κ1) is 17.9. The third-order valence-electron chi connectivity index (χ3n) is 5.09. The van der Waals surface area contributed by atoms with E-state index in [1.807, 2.05) is 0 Å². The van der Waals surface area contributed by atoms with Gasteiger partial charge >= 0.3 is 0 Å². The monoisotopic (exact) mass is 387 g/mol. The summed E-state index contributed by atoms with van der Waals surface area (Å²) in [7, 11) is 0. The molecule has 0 spiro atoms. The average molecular weight is 388 g/mol. The average Bonchev–Trinajstić information content (AvgIpc) is 2.61. The standard InChI is InChI=1S/C21H16ClF2NO2/c22-15-6-2-7-16(24)20(15)14-11-19(27)25(13-5-1-4-12(23)10-13)17-8-3-9-18(26)21(14)17/h1-2,4-7,10,14H,3,8-9,11H2. The molecule has 0 radical (unpaired) electrons. The SMILES string of the molecule is O=C1CCCC2=C1C(c1c(F)cccc1Cl)CC(=O)N2c1cccc(F)c1. The Hall–Kier alpha value is -2.53. The van der Waals surface area contributed by atoms with Crippen LogP contribution in [0.15, 0.2) is 53.7 Å². The maximum atomic E-state index is 14.5. The van der Waals surface area contributed by atoms with Crippen molar-refractivity contribution >= 4 is 29.0 Å². The maximum absolute atomic E-state index is 14.5. The van der Waals surface area contributed by atoms with Gasteiger partial charge in [0.1, 0.15) is 11.6 Å². The molecule has 2 aromatic rings. The number of amides is 1. The van der Waals surface area contributed by atoms with E-state index in [2.05, 4.69) is 0 Å². The molecule has 0 saturated heterocycles. The lowest BCUT2D eigenvalue weighted by Crippen LogP contribution is -2.40. The number of Topliss-reactive ketones (excluding diaryl/α,β-unsaturated/α-hetero) is 1. The number of benzene rings is 2. The summed E-state index contributed by atoms with van der Waals surface area (Å²) in [6, 6.07) is 10.0. The number of rotatable bonds is 2. The molecule has 1 aliphatic heterocycles. The third kappa shape index (κ3) is 3.06. The number of hydrogen-bond donors (Lipinski definition) is 0. The summed E-state index contributed by atoms with van der Waals surface area (Å²) in [5.74, 6) is -2.15. The number of hydrogen-bond acceptors (Lipinski definition) is 2. The van der Waals surface area contributed by atoms with Crippen molar-refractivity contribution in [3.8, 4) is 0 Å². The molecule has 2 aliphatic rings. The van der Waals surface area contributed by atoms with E-state index in [1.54, 1.807) is 12.1 Å². The molecular weight excluding hydrogens is 372 g/mol. The van der Waals surface area contributed by atoms with E-state index in [4.69, 9.17) is 11.6 Å². The van der Waals surface area contributed by atoms with E-state index in [1.165, 1.54) is 35.2 Å². The van der Waals surface area contributed by atoms with Gasteiger partial charge in [-0.15, -0.1) is 0 Å². The molecule has 1 atom stereocenters. The van der Waals surface area contributed by atoms with Crippen molar-refractivity contribution < 1.29 is 18.4 Å². The van der Waals surface area contributed by atoms with E-state index in [0.29, 0.717) is 36.2 Å². The fourth-order valence-corrected chi connectivity index (χ4v) is 4.29. The Balaban J connectivity index is 1.91. The lowest BCUT2D eigenvalue weighted by molar-refractivity contribution is -0.119. The summed E-state index contributed by atoms with van der Waals surface area (Å²) >= 11 is 6.22. The number of anilines is 1. The van der Waals surface area contributed by atoms with Crippen LogP contribution < -0.4 is 4.90 Å². The van der Waals surface area contributed by atoms with E-state index in [9.17, 15) is 18.4 Å². The first-order valence-corrected chi connectivity index (χ1v) is 9.14. The highest BCUT2D eigenvalue weighted by Crippen LogP contribution is 2.45. The zero-order valence-corrected chi connectivity index (χ0v) is 15.1. The second-order valence-corrected chi connectivity index (χ2v) is 7.15. The van der Waals surface area contributed by atoms with Crippen molar-refractivity contribution in [2.75, 3.05) is 4.90 Å². The molecule has 3 nitrogen and oxygen atoms in total. The minimum absolute atomic E-state index is 0.0955. The van der Waals surface area contributed by atoms with Crippen LogP contribution in [0.3, 0.4) is 0 Å². The topological polar surface area (TPSA) is 37.4 Å². The molecule has 1 heterocycles. The molecule has 1 aliphatic carbocycles. The molecule has 0 fully saturated rings. The zero-order chi connectivity index (χ0) is 19.1. The number of halogens is 3. The van der Waals surface area contributed by atoms with Crippen LogP contribution in [0.1, 0.15) is 37.2 Å². The summed E-state index contributed by atoms with van der Waals surface area (Å²) in [5, 5.41) is 0.192. The molecule has 6 heteroatoms. The van der Waals surface area contributed by atoms with Gasteiger partial charge in [-0.2, -0.15) is 0 Å². The quantitative estimate of drug-likeness (QED) is 0.715. The largest absolute Gasteiger partial charge is 0.294 e. The Morgan fingerprint density at radius 1 is 1.04 bits per heavy atom. The minimum Gasteiger partial charge on any atom is -0.294 e. The molecule has 1 unspecified atom stereocenters. The number of carbonyl (C=O) groups excluding carboxylic acids is 2. The lowest BCUT2D eigenvalue weighted by atomic mass is 9.77. The van der Waals surface area contributed by atoms with Crippen LogP contribution in [0.5, 0.6) is 0 Å². The van der Waals surface area contributed by atoms with E-state index in [0.717, 1.165) is 0 Å². The van der Waals surface area contributed by atoms with Gasteiger partial charge in [-0.05, 0) is 43.2 Å². The van der Waals surface area contributed by atoms with Crippen molar-refractivity contribution in [3.63, 3.8) is 0 Å². The van der Waals surface area contributed by atoms with Crippen LogP contribution in [-0.2, 0) is 9.59 Å². The van der Waals surface area contributed by atoms with Gasteiger partial charge in [-0.3, -0.25) is 14.5 Å². The van der Waals surface area contributed by atoms with Gasteiger partial charge in [-0.1, -0.05) is 23.7 Å².